The predicted octanol–water partition coefficient (Wildman–Crippen LogP) is 2.55. The fraction of sp³-hybridized carbons (Fsp3) is 0.571. The molecule has 0 aliphatic heterocycles. The number of rotatable bonds is 8. The van der Waals surface area contributed by atoms with E-state index < -0.39 is 6.36 Å². The number of ether oxygens (including phenoxy) is 2. The molecule has 7 heteroatoms. The minimum atomic E-state index is -4.68. The molecule has 1 rings (SSSR count). The second-order valence-electron chi connectivity index (χ2n) is 4.49. The summed E-state index contributed by atoms with van der Waals surface area (Å²) < 4.78 is 45.3. The van der Waals surface area contributed by atoms with Gasteiger partial charge in [0.25, 0.3) is 0 Å². The molecule has 1 atom stereocenters. The third-order valence-electron chi connectivity index (χ3n) is 3.15. The topological polar surface area (TPSA) is 47.7 Å². The molecule has 1 aromatic rings. The smallest absolute Gasteiger partial charge is 0.406 e. The Kier molecular flexibility index (Phi) is 6.94. The molecule has 0 bridgehead atoms. The van der Waals surface area contributed by atoms with Gasteiger partial charge in [-0.15, -0.1) is 13.2 Å². The molecule has 0 amide bonds. The number of methoxy groups -OCH3 is 1. The Morgan fingerprint density at radius 2 is 1.86 bits per heavy atom. The first-order valence-corrected chi connectivity index (χ1v) is 6.70. The van der Waals surface area contributed by atoms with Gasteiger partial charge in [-0.25, -0.2) is 0 Å². The van der Waals surface area contributed by atoms with Crippen molar-refractivity contribution in [2.24, 2.45) is 5.73 Å². The molecule has 0 saturated carbocycles. The molecule has 0 spiro atoms. The number of likely N-dealkylation sites (N-methyl/N-ethyl adjacent to an activating group) is 1. The van der Waals surface area contributed by atoms with Crippen molar-refractivity contribution in [3.63, 3.8) is 0 Å². The maximum Gasteiger partial charge on any atom is 0.573 e. The van der Waals surface area contributed by atoms with Crippen molar-refractivity contribution in [2.45, 2.75) is 19.3 Å². The van der Waals surface area contributed by atoms with E-state index >= 15 is 0 Å². The molecule has 0 aliphatic rings. The fourth-order valence-electron chi connectivity index (χ4n) is 2.13. The van der Waals surface area contributed by atoms with Crippen LogP contribution in [0, 0.1) is 0 Å². The van der Waals surface area contributed by atoms with Crippen LogP contribution < -0.4 is 10.5 Å². The van der Waals surface area contributed by atoms with E-state index in [4.69, 9.17) is 10.5 Å². The van der Waals surface area contributed by atoms with E-state index in [-0.39, 0.29) is 11.8 Å². The lowest BCUT2D eigenvalue weighted by atomic mass is 10.1. The molecule has 0 radical (unpaired) electrons. The lowest BCUT2D eigenvalue weighted by Gasteiger charge is -2.30. The van der Waals surface area contributed by atoms with Crippen molar-refractivity contribution in [3.05, 3.63) is 29.8 Å². The van der Waals surface area contributed by atoms with Gasteiger partial charge in [-0.3, -0.25) is 4.90 Å². The Morgan fingerprint density at radius 3 is 2.29 bits per heavy atom. The minimum Gasteiger partial charge on any atom is -0.406 e. The van der Waals surface area contributed by atoms with Gasteiger partial charge in [0.2, 0.25) is 0 Å². The summed E-state index contributed by atoms with van der Waals surface area (Å²) in [5.74, 6) is -0.234. The summed E-state index contributed by atoms with van der Waals surface area (Å²) >= 11 is 0. The van der Waals surface area contributed by atoms with Crippen molar-refractivity contribution in [1.82, 2.24) is 4.90 Å². The molecule has 0 aromatic heterocycles. The normalized spacial score (nSPS) is 13.5. The lowest BCUT2D eigenvalue weighted by molar-refractivity contribution is -0.274. The number of benzene rings is 1. The van der Waals surface area contributed by atoms with Crippen LogP contribution in [-0.4, -0.2) is 44.6 Å². The fourth-order valence-corrected chi connectivity index (χ4v) is 2.13. The Bertz CT molecular complexity index is 410. The molecule has 4 nitrogen and oxygen atoms in total. The van der Waals surface area contributed by atoms with Crippen LogP contribution in [0.5, 0.6) is 5.75 Å². The van der Waals surface area contributed by atoms with Gasteiger partial charge in [0.15, 0.2) is 0 Å². The highest BCUT2D eigenvalue weighted by Crippen LogP contribution is 2.26. The van der Waals surface area contributed by atoms with Gasteiger partial charge >= 0.3 is 6.36 Å². The van der Waals surface area contributed by atoms with Gasteiger partial charge in [-0.1, -0.05) is 19.1 Å². The van der Waals surface area contributed by atoms with Crippen molar-refractivity contribution in [1.29, 1.82) is 0 Å². The second-order valence-corrected chi connectivity index (χ2v) is 4.49. The SMILES string of the molecule is CCN(CCOC)C(CN)c1ccc(OC(F)(F)F)cc1. The minimum absolute atomic E-state index is 0.0647. The Morgan fingerprint density at radius 1 is 1.24 bits per heavy atom. The van der Waals surface area contributed by atoms with Crippen LogP contribution in [0.15, 0.2) is 24.3 Å². The summed E-state index contributed by atoms with van der Waals surface area (Å²) in [6, 6.07) is 5.75. The van der Waals surface area contributed by atoms with Crippen LogP contribution in [0.3, 0.4) is 0 Å². The molecule has 1 aromatic carbocycles. The third-order valence-corrected chi connectivity index (χ3v) is 3.15. The standard InChI is InChI=1S/C14H21F3N2O2/c1-3-19(8-9-20-2)13(10-18)11-4-6-12(7-5-11)21-14(15,16)17/h4-7,13H,3,8-10,18H2,1-2H3. The van der Waals surface area contributed by atoms with E-state index in [9.17, 15) is 13.2 Å². The number of nitrogens with zero attached hydrogens (tertiary/aromatic N) is 1. The van der Waals surface area contributed by atoms with Crippen LogP contribution in [-0.2, 0) is 4.74 Å². The Balaban J connectivity index is 2.81. The number of halogens is 3. The highest BCUT2D eigenvalue weighted by atomic mass is 19.4. The molecule has 0 heterocycles. The average Bonchev–Trinajstić information content (AvgIpc) is 2.43. The second kappa shape index (κ2) is 8.21. The van der Waals surface area contributed by atoms with Crippen molar-refractivity contribution in [2.75, 3.05) is 33.4 Å². The summed E-state index contributed by atoms with van der Waals surface area (Å²) in [6.45, 7) is 4.41. The maximum absolute atomic E-state index is 12.1. The molecule has 1 unspecified atom stereocenters. The molecule has 2 N–H and O–H groups in total. The van der Waals surface area contributed by atoms with E-state index in [2.05, 4.69) is 9.64 Å². The van der Waals surface area contributed by atoms with Crippen molar-refractivity contribution < 1.29 is 22.6 Å². The van der Waals surface area contributed by atoms with Crippen molar-refractivity contribution >= 4 is 0 Å². The zero-order valence-corrected chi connectivity index (χ0v) is 12.2. The number of alkyl halides is 3. The molecule has 0 fully saturated rings. The monoisotopic (exact) mass is 306 g/mol. The van der Waals surface area contributed by atoms with E-state index in [0.29, 0.717) is 19.7 Å². The summed E-state index contributed by atoms with van der Waals surface area (Å²) in [4.78, 5) is 2.11. The van der Waals surface area contributed by atoms with E-state index in [0.717, 1.165) is 12.1 Å². The van der Waals surface area contributed by atoms with E-state index in [1.165, 1.54) is 12.1 Å². The number of hydrogen-bond acceptors (Lipinski definition) is 4. The molecule has 21 heavy (non-hydrogen) atoms. The highest BCUT2D eigenvalue weighted by Gasteiger charge is 2.31. The van der Waals surface area contributed by atoms with E-state index in [1.807, 2.05) is 6.92 Å². The first kappa shape index (κ1) is 17.7. The number of nitrogens with two attached hydrogens (primary N) is 1. The summed E-state index contributed by atoms with van der Waals surface area (Å²) in [5.41, 5.74) is 6.65. The molecular weight excluding hydrogens is 285 g/mol. The van der Waals surface area contributed by atoms with Gasteiger partial charge in [0, 0.05) is 26.2 Å². The zero-order valence-electron chi connectivity index (χ0n) is 12.2. The quantitative estimate of drug-likeness (QED) is 0.802. The molecule has 120 valence electrons. The van der Waals surface area contributed by atoms with Crippen LogP contribution in [0.4, 0.5) is 13.2 Å². The van der Waals surface area contributed by atoms with Crippen LogP contribution >= 0.6 is 0 Å². The van der Waals surface area contributed by atoms with E-state index in [1.54, 1.807) is 19.2 Å². The molecule has 0 saturated heterocycles. The third kappa shape index (κ3) is 5.91. The molecular formula is C14H21F3N2O2. The van der Waals surface area contributed by atoms with Crippen LogP contribution in [0.2, 0.25) is 0 Å². The first-order valence-electron chi connectivity index (χ1n) is 6.70. The maximum atomic E-state index is 12.1. The number of hydrogen-bond donors (Lipinski definition) is 1. The van der Waals surface area contributed by atoms with Gasteiger partial charge in [-0.2, -0.15) is 0 Å². The van der Waals surface area contributed by atoms with Gasteiger partial charge in [0.05, 0.1) is 6.61 Å². The lowest BCUT2D eigenvalue weighted by Crippen LogP contribution is -2.36. The van der Waals surface area contributed by atoms with Crippen LogP contribution in [0.1, 0.15) is 18.5 Å². The highest BCUT2D eigenvalue weighted by molar-refractivity contribution is 5.29. The first-order chi connectivity index (χ1) is 9.91. The van der Waals surface area contributed by atoms with Crippen LogP contribution in [0.25, 0.3) is 0 Å². The Labute approximate surface area is 122 Å². The van der Waals surface area contributed by atoms with Gasteiger partial charge in [-0.05, 0) is 24.2 Å². The summed E-state index contributed by atoms with van der Waals surface area (Å²) in [7, 11) is 1.62. The van der Waals surface area contributed by atoms with Gasteiger partial charge < -0.3 is 15.2 Å². The molecule has 0 aliphatic carbocycles. The van der Waals surface area contributed by atoms with Gasteiger partial charge in [0.1, 0.15) is 5.75 Å². The summed E-state index contributed by atoms with van der Waals surface area (Å²) in [6.07, 6.45) is -4.68. The summed E-state index contributed by atoms with van der Waals surface area (Å²) in [5, 5.41) is 0. The zero-order chi connectivity index (χ0) is 15.9. The van der Waals surface area contributed by atoms with Crippen molar-refractivity contribution in [3.8, 4) is 5.75 Å². The Hall–Kier alpha value is -1.31. The average molecular weight is 306 g/mol. The largest absolute Gasteiger partial charge is 0.573 e. The predicted molar refractivity (Wildman–Crippen MR) is 74.0 cm³/mol.